The van der Waals surface area contributed by atoms with Gasteiger partial charge in [0.15, 0.2) is 5.71 Å². The van der Waals surface area contributed by atoms with Gasteiger partial charge in [0.05, 0.1) is 5.41 Å². The molecule has 0 bridgehead atoms. The highest BCUT2D eigenvalue weighted by Crippen LogP contribution is 2.48. The number of aromatic hydroxyl groups is 1. The van der Waals surface area contributed by atoms with Crippen LogP contribution in [0.2, 0.25) is 0 Å². The van der Waals surface area contributed by atoms with E-state index < -0.39 is 0 Å². The van der Waals surface area contributed by atoms with E-state index in [1.165, 1.54) is 89.3 Å². The van der Waals surface area contributed by atoms with Crippen LogP contribution in [-0.2, 0) is 10.8 Å². The van der Waals surface area contributed by atoms with Gasteiger partial charge in [0.25, 0.3) is 0 Å². The van der Waals surface area contributed by atoms with E-state index in [4.69, 9.17) is 0 Å². The Balaban J connectivity index is 1.39. The molecule has 3 aliphatic rings. The third-order valence-corrected chi connectivity index (χ3v) is 12.2. The Bertz CT molecular complexity index is 1960. The zero-order chi connectivity index (χ0) is 39.0. The predicted octanol–water partition coefficient (Wildman–Crippen LogP) is 11.9. The van der Waals surface area contributed by atoms with Crippen LogP contribution in [0.3, 0.4) is 0 Å². The molecule has 0 saturated heterocycles. The van der Waals surface area contributed by atoms with E-state index in [-0.39, 0.29) is 10.8 Å². The van der Waals surface area contributed by atoms with Gasteiger partial charge in [-0.2, -0.15) is 4.58 Å². The summed E-state index contributed by atoms with van der Waals surface area (Å²) in [6, 6.07) is 25.7. The van der Waals surface area contributed by atoms with Gasteiger partial charge in [0.2, 0.25) is 5.69 Å². The molecule has 5 heteroatoms. The summed E-state index contributed by atoms with van der Waals surface area (Å²) in [5.74, 6) is 0.309. The lowest BCUT2D eigenvalue weighted by Gasteiger charge is -2.28. The summed E-state index contributed by atoms with van der Waals surface area (Å²) in [6.07, 6.45) is 20.3. The van der Waals surface area contributed by atoms with Gasteiger partial charge >= 0.3 is 0 Å². The molecule has 0 aromatic heterocycles. The Morgan fingerprint density at radius 3 is 2.31 bits per heavy atom. The Hall–Kier alpha value is -4.51. The van der Waals surface area contributed by atoms with Crippen molar-refractivity contribution < 1.29 is 9.68 Å². The Kier molecular flexibility index (Phi) is 13.1. The SMILES string of the molecule is CCCCCN1/C(=C/C=C2\CCCC(/C=C/C3=[N+](CCCCC)c4ccccc4C3(C)C)=C2NCCN(CC)c2cccc(O)c2)C(C)(C)c2ccccc21. The van der Waals surface area contributed by atoms with Gasteiger partial charge in [-0.25, -0.2) is 0 Å². The molecule has 55 heavy (non-hydrogen) atoms. The van der Waals surface area contributed by atoms with Crippen LogP contribution in [0.25, 0.3) is 0 Å². The van der Waals surface area contributed by atoms with Crippen molar-refractivity contribution in [2.75, 3.05) is 42.5 Å². The topological polar surface area (TPSA) is 41.8 Å². The van der Waals surface area contributed by atoms with E-state index in [2.05, 4.69) is 147 Å². The summed E-state index contributed by atoms with van der Waals surface area (Å²) in [7, 11) is 0. The number of rotatable bonds is 17. The van der Waals surface area contributed by atoms with Crippen molar-refractivity contribution in [1.82, 2.24) is 5.32 Å². The fourth-order valence-corrected chi connectivity index (χ4v) is 9.12. The quantitative estimate of drug-likeness (QED) is 0.107. The molecule has 0 radical (unpaired) electrons. The van der Waals surface area contributed by atoms with Crippen LogP contribution in [0.1, 0.15) is 117 Å². The maximum absolute atomic E-state index is 10.2. The van der Waals surface area contributed by atoms with Crippen LogP contribution in [0.15, 0.2) is 120 Å². The molecule has 1 aliphatic carbocycles. The van der Waals surface area contributed by atoms with Crippen molar-refractivity contribution in [1.29, 1.82) is 0 Å². The highest BCUT2D eigenvalue weighted by atomic mass is 16.3. The average molecular weight is 740 g/mol. The van der Waals surface area contributed by atoms with Crippen LogP contribution in [0, 0.1) is 0 Å². The molecule has 0 unspecified atom stereocenters. The van der Waals surface area contributed by atoms with Crippen molar-refractivity contribution in [3.05, 3.63) is 131 Å². The third kappa shape index (κ3) is 8.67. The second kappa shape index (κ2) is 18.0. The van der Waals surface area contributed by atoms with E-state index in [1.54, 1.807) is 6.07 Å². The first-order valence-corrected chi connectivity index (χ1v) is 21.3. The molecule has 6 rings (SSSR count). The number of benzene rings is 3. The van der Waals surface area contributed by atoms with Crippen LogP contribution in [0.5, 0.6) is 5.75 Å². The fourth-order valence-electron chi connectivity index (χ4n) is 9.12. The van der Waals surface area contributed by atoms with Crippen LogP contribution in [0.4, 0.5) is 17.1 Å². The van der Waals surface area contributed by atoms with Gasteiger partial charge in [0, 0.05) is 84.6 Å². The smallest absolute Gasteiger partial charge is 0.209 e. The number of nitrogens with one attached hydrogen (secondary N) is 1. The number of para-hydroxylation sites is 2. The lowest BCUT2D eigenvalue weighted by atomic mass is 9.81. The van der Waals surface area contributed by atoms with Crippen LogP contribution in [-0.4, -0.2) is 48.1 Å². The summed E-state index contributed by atoms with van der Waals surface area (Å²) in [4.78, 5) is 4.94. The summed E-state index contributed by atoms with van der Waals surface area (Å²) >= 11 is 0. The molecule has 0 amide bonds. The van der Waals surface area contributed by atoms with Gasteiger partial charge in [-0.15, -0.1) is 0 Å². The first-order valence-electron chi connectivity index (χ1n) is 21.3. The van der Waals surface area contributed by atoms with E-state index in [0.29, 0.717) is 5.75 Å². The number of hydrogen-bond donors (Lipinski definition) is 2. The molecule has 0 atom stereocenters. The van der Waals surface area contributed by atoms with Crippen molar-refractivity contribution in [2.24, 2.45) is 0 Å². The third-order valence-electron chi connectivity index (χ3n) is 12.2. The highest BCUT2D eigenvalue weighted by Gasteiger charge is 2.44. The molecular formula is C50H67N4O+. The van der Waals surface area contributed by atoms with Gasteiger partial charge in [-0.3, -0.25) is 0 Å². The van der Waals surface area contributed by atoms with Gasteiger partial charge in [-0.05, 0) is 93.9 Å². The first-order chi connectivity index (χ1) is 26.6. The van der Waals surface area contributed by atoms with Crippen molar-refractivity contribution in [3.8, 4) is 5.75 Å². The van der Waals surface area contributed by atoms with Crippen LogP contribution < -0.4 is 15.1 Å². The number of phenolic OH excluding ortho intramolecular Hbond substituents is 1. The molecule has 5 nitrogen and oxygen atoms in total. The van der Waals surface area contributed by atoms with Crippen LogP contribution >= 0.6 is 0 Å². The summed E-state index contributed by atoms with van der Waals surface area (Å²) in [6.45, 7) is 21.0. The Morgan fingerprint density at radius 1 is 0.800 bits per heavy atom. The zero-order valence-corrected chi connectivity index (χ0v) is 34.9. The first kappa shape index (κ1) is 40.2. The van der Waals surface area contributed by atoms with Gasteiger partial charge in [0.1, 0.15) is 12.3 Å². The lowest BCUT2D eigenvalue weighted by Crippen LogP contribution is -2.33. The predicted molar refractivity (Wildman–Crippen MR) is 235 cm³/mol. The number of allylic oxidation sites excluding steroid dienone is 7. The largest absolute Gasteiger partial charge is 0.508 e. The molecule has 0 saturated carbocycles. The van der Waals surface area contributed by atoms with Gasteiger partial charge < -0.3 is 20.2 Å². The summed E-state index contributed by atoms with van der Waals surface area (Å²) in [5, 5.41) is 14.2. The number of fused-ring (bicyclic) bond motifs is 2. The maximum Gasteiger partial charge on any atom is 0.209 e. The van der Waals surface area contributed by atoms with Crippen molar-refractivity contribution >= 4 is 22.8 Å². The second-order valence-corrected chi connectivity index (χ2v) is 16.7. The Labute approximate surface area is 332 Å². The number of phenols is 1. The molecule has 0 fully saturated rings. The normalized spacial score (nSPS) is 18.9. The summed E-state index contributed by atoms with van der Waals surface area (Å²) in [5.41, 5.74) is 13.3. The van der Waals surface area contributed by atoms with E-state index in [1.807, 2.05) is 12.1 Å². The zero-order valence-electron chi connectivity index (χ0n) is 34.9. The summed E-state index contributed by atoms with van der Waals surface area (Å²) < 4.78 is 2.60. The maximum atomic E-state index is 10.2. The molecule has 3 aromatic carbocycles. The average Bonchev–Trinajstić information content (AvgIpc) is 3.53. The minimum absolute atomic E-state index is 0.0711. The molecule has 3 aromatic rings. The van der Waals surface area contributed by atoms with Crippen molar-refractivity contribution in [2.45, 2.75) is 117 Å². The second-order valence-electron chi connectivity index (χ2n) is 16.7. The molecular weight excluding hydrogens is 673 g/mol. The number of anilines is 2. The number of unbranched alkanes of at least 4 members (excludes halogenated alkanes) is 4. The standard InChI is InChI=1S/C50H66N4O/c1-8-11-17-34-53-44-27-15-13-25-42(44)49(4,5)46(53)31-29-38-21-19-22-39(48(38)51-33-36-52(10-3)40-23-20-24-41(55)37-40)30-32-47-50(6,7)43-26-14-16-28-45(43)54(47)35-18-12-9-2/h13-16,20,23-32,37,55H,8-12,17-19,21-22,33-36H2,1-7H3/p+1/b38-29+,46-31+. The molecule has 2 aliphatic heterocycles. The number of nitrogens with zero attached hydrogens (tertiary/aromatic N) is 3. The lowest BCUT2D eigenvalue weighted by molar-refractivity contribution is -0.438. The molecule has 292 valence electrons. The number of likely N-dealkylation sites (N-methyl/N-ethyl adjacent to an activating group) is 1. The fraction of sp³-hybridized carbons (Fsp3) is 0.460. The monoisotopic (exact) mass is 740 g/mol. The minimum atomic E-state index is -0.0711. The highest BCUT2D eigenvalue weighted by molar-refractivity contribution is 6.03. The van der Waals surface area contributed by atoms with Crippen molar-refractivity contribution in [3.63, 3.8) is 0 Å². The molecule has 2 N–H and O–H groups in total. The Morgan fingerprint density at radius 2 is 1.55 bits per heavy atom. The molecule has 0 spiro atoms. The minimum Gasteiger partial charge on any atom is -0.508 e. The molecule has 2 heterocycles. The van der Waals surface area contributed by atoms with E-state index in [0.717, 1.165) is 57.7 Å². The van der Waals surface area contributed by atoms with Gasteiger partial charge in [-0.1, -0.05) is 102 Å². The number of hydrogen-bond acceptors (Lipinski definition) is 4. The van der Waals surface area contributed by atoms with E-state index in [9.17, 15) is 5.11 Å². The van der Waals surface area contributed by atoms with E-state index >= 15 is 0 Å².